The van der Waals surface area contributed by atoms with E-state index in [-0.39, 0.29) is 24.6 Å². The molecule has 0 bridgehead atoms. The Bertz CT molecular complexity index is 1230. The molecule has 180 valence electrons. The Labute approximate surface area is 202 Å². The highest BCUT2D eigenvalue weighted by Crippen LogP contribution is 2.44. The molecule has 1 atom stereocenters. The van der Waals surface area contributed by atoms with Crippen molar-refractivity contribution in [2.75, 3.05) is 25.6 Å². The zero-order chi connectivity index (χ0) is 24.9. The van der Waals surface area contributed by atoms with Crippen LogP contribution in [0.15, 0.2) is 66.7 Å². The maximum atomic E-state index is 12.6. The monoisotopic (exact) mass is 474 g/mol. The summed E-state index contributed by atoms with van der Waals surface area (Å²) in [6.07, 6.45) is -1.61. The molecular weight excluding hydrogens is 448 g/mol. The van der Waals surface area contributed by atoms with E-state index < -0.39 is 24.1 Å². The fourth-order valence-corrected chi connectivity index (χ4v) is 4.26. The standard InChI is InChI=1S/C27H26N2O6/c1-16-13-17(26(31)32)11-12-23(16)29-25(30)24(34-2)14-28-27(33)35-15-22-20-9-5-3-7-18(20)19-8-4-6-10-21(19)22/h3-13,22,24H,14-15H2,1-2H3,(H,28,33)(H,29,30)(H,31,32). The number of nitrogens with one attached hydrogen (secondary N) is 2. The summed E-state index contributed by atoms with van der Waals surface area (Å²) in [7, 11) is 1.37. The highest BCUT2D eigenvalue weighted by atomic mass is 16.5. The topological polar surface area (TPSA) is 114 Å². The number of ether oxygens (including phenoxy) is 2. The molecule has 0 spiro atoms. The van der Waals surface area contributed by atoms with Crippen molar-refractivity contribution in [2.24, 2.45) is 0 Å². The number of aryl methyl sites for hydroxylation is 1. The molecule has 0 saturated heterocycles. The van der Waals surface area contributed by atoms with Crippen molar-refractivity contribution in [2.45, 2.75) is 18.9 Å². The molecule has 3 aromatic carbocycles. The first-order valence-corrected chi connectivity index (χ1v) is 11.2. The van der Waals surface area contributed by atoms with E-state index in [2.05, 4.69) is 22.8 Å². The van der Waals surface area contributed by atoms with Gasteiger partial charge in [-0.15, -0.1) is 0 Å². The number of anilines is 1. The largest absolute Gasteiger partial charge is 0.478 e. The highest BCUT2D eigenvalue weighted by Gasteiger charge is 2.29. The van der Waals surface area contributed by atoms with Crippen LogP contribution in [-0.4, -0.2) is 49.4 Å². The fraction of sp³-hybridized carbons (Fsp3) is 0.222. The van der Waals surface area contributed by atoms with Gasteiger partial charge in [-0.25, -0.2) is 9.59 Å². The lowest BCUT2D eigenvalue weighted by molar-refractivity contribution is -0.125. The van der Waals surface area contributed by atoms with Crippen molar-refractivity contribution < 1.29 is 29.0 Å². The van der Waals surface area contributed by atoms with Crippen LogP contribution in [0, 0.1) is 6.92 Å². The second-order valence-electron chi connectivity index (χ2n) is 8.25. The van der Waals surface area contributed by atoms with E-state index >= 15 is 0 Å². The summed E-state index contributed by atoms with van der Waals surface area (Å²) in [6.45, 7) is 1.77. The number of carboxylic acid groups (broad SMARTS) is 1. The normalized spacial score (nSPS) is 12.9. The molecule has 8 heteroatoms. The predicted molar refractivity (Wildman–Crippen MR) is 131 cm³/mol. The molecule has 1 unspecified atom stereocenters. The van der Waals surface area contributed by atoms with Crippen LogP contribution in [0.25, 0.3) is 11.1 Å². The molecule has 4 rings (SSSR count). The number of amides is 2. The third kappa shape index (κ3) is 5.17. The molecular formula is C27H26N2O6. The Hall–Kier alpha value is -4.17. The summed E-state index contributed by atoms with van der Waals surface area (Å²) in [5, 5.41) is 14.4. The Morgan fingerprint density at radius 2 is 1.60 bits per heavy atom. The maximum Gasteiger partial charge on any atom is 0.407 e. The van der Waals surface area contributed by atoms with Crippen LogP contribution >= 0.6 is 0 Å². The summed E-state index contributed by atoms with van der Waals surface area (Å²) < 4.78 is 10.7. The number of aromatic carboxylic acids is 1. The van der Waals surface area contributed by atoms with Crippen LogP contribution in [0.4, 0.5) is 10.5 Å². The van der Waals surface area contributed by atoms with Gasteiger partial charge in [0.15, 0.2) is 6.10 Å². The molecule has 0 saturated carbocycles. The third-order valence-corrected chi connectivity index (χ3v) is 6.08. The third-order valence-electron chi connectivity index (χ3n) is 6.08. The van der Waals surface area contributed by atoms with Crippen molar-refractivity contribution in [3.63, 3.8) is 0 Å². The molecule has 1 aliphatic carbocycles. The molecule has 0 radical (unpaired) electrons. The smallest absolute Gasteiger partial charge is 0.407 e. The zero-order valence-corrected chi connectivity index (χ0v) is 19.4. The minimum atomic E-state index is -1.05. The van der Waals surface area contributed by atoms with Gasteiger partial charge in [0.1, 0.15) is 6.61 Å². The van der Waals surface area contributed by atoms with E-state index in [9.17, 15) is 14.4 Å². The number of fused-ring (bicyclic) bond motifs is 3. The van der Waals surface area contributed by atoms with E-state index in [1.54, 1.807) is 6.92 Å². The number of benzene rings is 3. The Morgan fingerprint density at radius 3 is 2.17 bits per heavy atom. The van der Waals surface area contributed by atoms with E-state index in [1.165, 1.54) is 25.3 Å². The number of carbonyl (C=O) groups excluding carboxylic acids is 2. The molecule has 0 aromatic heterocycles. The van der Waals surface area contributed by atoms with Crippen molar-refractivity contribution in [3.8, 4) is 11.1 Å². The lowest BCUT2D eigenvalue weighted by Gasteiger charge is -2.18. The van der Waals surface area contributed by atoms with Crippen LogP contribution in [0.3, 0.4) is 0 Å². The van der Waals surface area contributed by atoms with Crippen molar-refractivity contribution >= 4 is 23.7 Å². The van der Waals surface area contributed by atoms with Gasteiger partial charge in [0.2, 0.25) is 0 Å². The summed E-state index contributed by atoms with van der Waals surface area (Å²) in [5.74, 6) is -1.59. The summed E-state index contributed by atoms with van der Waals surface area (Å²) in [5.41, 5.74) is 5.68. The zero-order valence-electron chi connectivity index (χ0n) is 19.4. The Morgan fingerprint density at radius 1 is 0.971 bits per heavy atom. The molecule has 3 N–H and O–H groups in total. The minimum absolute atomic E-state index is 0.0635. The number of hydrogen-bond acceptors (Lipinski definition) is 5. The molecule has 2 amide bonds. The van der Waals surface area contributed by atoms with Crippen LogP contribution in [0.1, 0.15) is 33.0 Å². The van der Waals surface area contributed by atoms with Gasteiger partial charge in [-0.2, -0.15) is 0 Å². The fourth-order valence-electron chi connectivity index (χ4n) is 4.26. The average molecular weight is 475 g/mol. The van der Waals surface area contributed by atoms with Gasteiger partial charge in [0, 0.05) is 18.7 Å². The van der Waals surface area contributed by atoms with Crippen molar-refractivity contribution in [1.29, 1.82) is 0 Å². The Kier molecular flexibility index (Phi) is 7.12. The van der Waals surface area contributed by atoms with Gasteiger partial charge in [0.05, 0.1) is 12.1 Å². The first kappa shape index (κ1) is 24.0. The Balaban J connectivity index is 1.33. The van der Waals surface area contributed by atoms with Gasteiger partial charge in [-0.3, -0.25) is 4.79 Å². The maximum absolute atomic E-state index is 12.6. The van der Waals surface area contributed by atoms with E-state index in [4.69, 9.17) is 14.6 Å². The van der Waals surface area contributed by atoms with Gasteiger partial charge < -0.3 is 25.2 Å². The van der Waals surface area contributed by atoms with Gasteiger partial charge in [-0.05, 0) is 52.9 Å². The molecule has 0 heterocycles. The second kappa shape index (κ2) is 10.4. The second-order valence-corrected chi connectivity index (χ2v) is 8.25. The number of carboxylic acids is 1. The predicted octanol–water partition coefficient (Wildman–Crippen LogP) is 4.19. The number of methoxy groups -OCH3 is 1. The van der Waals surface area contributed by atoms with Crippen LogP contribution < -0.4 is 10.6 Å². The number of alkyl carbamates (subject to hydrolysis) is 1. The van der Waals surface area contributed by atoms with E-state index in [0.717, 1.165) is 22.3 Å². The summed E-state index contributed by atoms with van der Waals surface area (Å²) in [4.78, 5) is 36.1. The highest BCUT2D eigenvalue weighted by molar-refractivity contribution is 5.96. The lowest BCUT2D eigenvalue weighted by Crippen LogP contribution is -2.41. The van der Waals surface area contributed by atoms with Crippen LogP contribution in [0.2, 0.25) is 0 Å². The first-order valence-electron chi connectivity index (χ1n) is 11.2. The van der Waals surface area contributed by atoms with Crippen molar-refractivity contribution in [3.05, 3.63) is 89.0 Å². The minimum Gasteiger partial charge on any atom is -0.478 e. The van der Waals surface area contributed by atoms with Crippen molar-refractivity contribution in [1.82, 2.24) is 5.32 Å². The van der Waals surface area contributed by atoms with Crippen LogP contribution in [0.5, 0.6) is 0 Å². The molecule has 3 aromatic rings. The van der Waals surface area contributed by atoms with E-state index in [0.29, 0.717) is 11.3 Å². The summed E-state index contributed by atoms with van der Waals surface area (Å²) in [6, 6.07) is 20.5. The van der Waals surface area contributed by atoms with Gasteiger partial charge in [-0.1, -0.05) is 48.5 Å². The van der Waals surface area contributed by atoms with Gasteiger partial charge >= 0.3 is 12.1 Å². The number of carbonyl (C=O) groups is 3. The molecule has 35 heavy (non-hydrogen) atoms. The number of rotatable bonds is 8. The average Bonchev–Trinajstić information content (AvgIpc) is 3.18. The van der Waals surface area contributed by atoms with E-state index in [1.807, 2.05) is 36.4 Å². The summed E-state index contributed by atoms with van der Waals surface area (Å²) >= 11 is 0. The molecule has 0 fully saturated rings. The SMILES string of the molecule is COC(CNC(=O)OCC1c2ccccc2-c2ccccc21)C(=O)Nc1ccc(C(=O)O)cc1C. The molecule has 1 aliphatic rings. The quantitative estimate of drug-likeness (QED) is 0.451. The van der Waals surface area contributed by atoms with Crippen LogP contribution in [-0.2, 0) is 14.3 Å². The molecule has 8 nitrogen and oxygen atoms in total. The molecule has 0 aliphatic heterocycles. The number of hydrogen-bond donors (Lipinski definition) is 3. The first-order chi connectivity index (χ1) is 16.9. The lowest BCUT2D eigenvalue weighted by atomic mass is 9.98. The van der Waals surface area contributed by atoms with Gasteiger partial charge in [0.25, 0.3) is 5.91 Å².